The number of aliphatic hydroxyl groups is 1. The van der Waals surface area contributed by atoms with Gasteiger partial charge in [-0.25, -0.2) is 8.78 Å². The third-order valence-electron chi connectivity index (χ3n) is 4.48. The van der Waals surface area contributed by atoms with Crippen molar-refractivity contribution in [1.82, 2.24) is 0 Å². The Morgan fingerprint density at radius 3 is 2.76 bits per heavy atom. The van der Waals surface area contributed by atoms with Crippen LogP contribution in [0.1, 0.15) is 36.8 Å². The van der Waals surface area contributed by atoms with Crippen molar-refractivity contribution in [2.75, 3.05) is 5.32 Å². The van der Waals surface area contributed by atoms with Gasteiger partial charge in [0, 0.05) is 29.8 Å². The lowest BCUT2D eigenvalue weighted by atomic mass is 9.82. The largest absolute Gasteiger partial charge is 0.382 e. The van der Waals surface area contributed by atoms with Gasteiger partial charge in [0.15, 0.2) is 11.6 Å². The summed E-state index contributed by atoms with van der Waals surface area (Å²) in [6.07, 6.45) is 2.74. The summed E-state index contributed by atoms with van der Waals surface area (Å²) in [6.45, 7) is 2.00. The van der Waals surface area contributed by atoms with Gasteiger partial charge in [0.2, 0.25) is 0 Å². The van der Waals surface area contributed by atoms with E-state index in [0.717, 1.165) is 36.1 Å². The summed E-state index contributed by atoms with van der Waals surface area (Å²) in [6, 6.07) is 11.6. The van der Waals surface area contributed by atoms with Gasteiger partial charge in [-0.1, -0.05) is 24.0 Å². The molecular formula is C21H21F2NO. The summed E-state index contributed by atoms with van der Waals surface area (Å²) in [7, 11) is 0. The van der Waals surface area contributed by atoms with Gasteiger partial charge in [0.25, 0.3) is 0 Å². The van der Waals surface area contributed by atoms with Crippen molar-refractivity contribution in [3.8, 4) is 11.8 Å². The molecule has 2 N–H and O–H groups in total. The lowest BCUT2D eigenvalue weighted by Gasteiger charge is -2.34. The Balaban J connectivity index is 1.70. The Hall–Kier alpha value is -2.38. The fourth-order valence-electron chi connectivity index (χ4n) is 3.22. The summed E-state index contributed by atoms with van der Waals surface area (Å²) in [4.78, 5) is 0. The molecule has 4 heteroatoms. The summed E-state index contributed by atoms with van der Waals surface area (Å²) >= 11 is 0. The normalized spacial score (nSPS) is 22.8. The maximum absolute atomic E-state index is 13.3. The molecule has 0 amide bonds. The van der Waals surface area contributed by atoms with Crippen LogP contribution in [0, 0.1) is 30.4 Å². The molecule has 1 fully saturated rings. The summed E-state index contributed by atoms with van der Waals surface area (Å²) < 4.78 is 26.4. The van der Waals surface area contributed by atoms with Gasteiger partial charge in [-0.2, -0.15) is 0 Å². The topological polar surface area (TPSA) is 32.3 Å². The number of hydrogen-bond acceptors (Lipinski definition) is 2. The van der Waals surface area contributed by atoms with Crippen LogP contribution in [-0.4, -0.2) is 16.7 Å². The van der Waals surface area contributed by atoms with Crippen molar-refractivity contribution in [2.24, 2.45) is 0 Å². The third kappa shape index (κ3) is 4.58. The van der Waals surface area contributed by atoms with Crippen LogP contribution in [0.15, 0.2) is 42.5 Å². The Bertz CT molecular complexity index is 824. The number of nitrogens with one attached hydrogen (secondary N) is 1. The monoisotopic (exact) mass is 341 g/mol. The van der Waals surface area contributed by atoms with E-state index in [-0.39, 0.29) is 6.04 Å². The first kappa shape index (κ1) is 17.4. The van der Waals surface area contributed by atoms with Gasteiger partial charge in [0.1, 0.15) is 5.60 Å². The van der Waals surface area contributed by atoms with E-state index in [9.17, 15) is 13.9 Å². The average molecular weight is 341 g/mol. The maximum atomic E-state index is 13.3. The van der Waals surface area contributed by atoms with E-state index in [1.165, 1.54) is 6.07 Å². The summed E-state index contributed by atoms with van der Waals surface area (Å²) in [5, 5.41) is 14.0. The number of aryl methyl sites for hydroxylation is 1. The van der Waals surface area contributed by atoms with Gasteiger partial charge in [-0.05, 0) is 56.0 Å². The Morgan fingerprint density at radius 1 is 1.16 bits per heavy atom. The molecule has 0 unspecified atom stereocenters. The van der Waals surface area contributed by atoms with Gasteiger partial charge in [-0.3, -0.25) is 0 Å². The van der Waals surface area contributed by atoms with Crippen LogP contribution in [0.2, 0.25) is 0 Å². The highest BCUT2D eigenvalue weighted by atomic mass is 19.2. The number of rotatable bonds is 2. The number of anilines is 1. The van der Waals surface area contributed by atoms with Crippen molar-refractivity contribution in [2.45, 2.75) is 44.2 Å². The van der Waals surface area contributed by atoms with E-state index in [0.29, 0.717) is 18.5 Å². The van der Waals surface area contributed by atoms with Crippen molar-refractivity contribution in [3.63, 3.8) is 0 Å². The first-order valence-electron chi connectivity index (χ1n) is 8.47. The highest BCUT2D eigenvalue weighted by Gasteiger charge is 2.32. The van der Waals surface area contributed by atoms with Crippen molar-refractivity contribution in [1.29, 1.82) is 0 Å². The molecule has 0 bridgehead atoms. The molecule has 1 saturated carbocycles. The minimum Gasteiger partial charge on any atom is -0.382 e. The molecule has 2 atom stereocenters. The van der Waals surface area contributed by atoms with E-state index in [2.05, 4.69) is 17.2 Å². The minimum atomic E-state index is -1.07. The molecular weight excluding hydrogens is 320 g/mol. The third-order valence-corrected chi connectivity index (χ3v) is 4.48. The van der Waals surface area contributed by atoms with E-state index < -0.39 is 17.2 Å². The van der Waals surface area contributed by atoms with Crippen molar-refractivity contribution < 1.29 is 13.9 Å². The summed E-state index contributed by atoms with van der Waals surface area (Å²) in [5.41, 5.74) is 1.45. The van der Waals surface area contributed by atoms with Crippen LogP contribution in [-0.2, 0) is 0 Å². The standard InChI is InChI=1S/C21H21F2NO/c1-15-4-2-5-16(12-15)9-11-21(25)10-3-6-18(14-21)24-17-7-8-19(22)20(23)13-17/h2,4-5,7-8,12-13,18,24-25H,3,6,10,14H2,1H3/t18-,21+/m1/s1. The smallest absolute Gasteiger partial charge is 0.160 e. The molecule has 130 valence electrons. The average Bonchev–Trinajstić information content (AvgIpc) is 2.57. The molecule has 0 aromatic heterocycles. The van der Waals surface area contributed by atoms with Crippen molar-refractivity contribution >= 4 is 5.69 Å². The van der Waals surface area contributed by atoms with Crippen molar-refractivity contribution in [3.05, 3.63) is 65.2 Å². The zero-order chi connectivity index (χ0) is 17.9. The lowest BCUT2D eigenvalue weighted by Crippen LogP contribution is -2.39. The molecule has 0 saturated heterocycles. The number of hydrogen-bond donors (Lipinski definition) is 2. The molecule has 2 aromatic rings. The maximum Gasteiger partial charge on any atom is 0.160 e. The van der Waals surface area contributed by atoms with Gasteiger partial charge in [-0.15, -0.1) is 0 Å². The fraction of sp³-hybridized carbons (Fsp3) is 0.333. The van der Waals surface area contributed by atoms with Crippen LogP contribution >= 0.6 is 0 Å². The quantitative estimate of drug-likeness (QED) is 0.793. The number of halogens is 2. The van der Waals surface area contributed by atoms with Crippen LogP contribution < -0.4 is 5.32 Å². The second kappa shape index (κ2) is 7.25. The molecule has 3 rings (SSSR count). The fourth-order valence-corrected chi connectivity index (χ4v) is 3.22. The molecule has 1 aliphatic carbocycles. The van der Waals surface area contributed by atoms with Gasteiger partial charge >= 0.3 is 0 Å². The van der Waals surface area contributed by atoms with E-state index in [4.69, 9.17) is 0 Å². The molecule has 0 heterocycles. The van der Waals surface area contributed by atoms with E-state index in [1.807, 2.05) is 31.2 Å². The van der Waals surface area contributed by atoms with Gasteiger partial charge < -0.3 is 10.4 Å². The molecule has 1 aliphatic rings. The van der Waals surface area contributed by atoms with Crippen LogP contribution in [0.5, 0.6) is 0 Å². The molecule has 0 spiro atoms. The van der Waals surface area contributed by atoms with Crippen LogP contribution in [0.4, 0.5) is 14.5 Å². The number of benzene rings is 2. The van der Waals surface area contributed by atoms with E-state index in [1.54, 1.807) is 0 Å². The lowest BCUT2D eigenvalue weighted by molar-refractivity contribution is 0.0561. The molecule has 2 nitrogen and oxygen atoms in total. The molecule has 2 aromatic carbocycles. The Kier molecular flexibility index (Phi) is 5.06. The zero-order valence-corrected chi connectivity index (χ0v) is 14.2. The molecule has 25 heavy (non-hydrogen) atoms. The van der Waals surface area contributed by atoms with Crippen LogP contribution in [0.3, 0.4) is 0 Å². The molecule has 0 aliphatic heterocycles. The predicted octanol–water partition coefficient (Wildman–Crippen LogP) is 4.41. The first-order valence-corrected chi connectivity index (χ1v) is 8.47. The highest BCUT2D eigenvalue weighted by Crippen LogP contribution is 2.30. The first-order chi connectivity index (χ1) is 11.9. The predicted molar refractivity (Wildman–Crippen MR) is 95.2 cm³/mol. The zero-order valence-electron chi connectivity index (χ0n) is 14.2. The second-order valence-corrected chi connectivity index (χ2v) is 6.72. The molecule has 0 radical (unpaired) electrons. The highest BCUT2D eigenvalue weighted by molar-refractivity contribution is 5.45. The minimum absolute atomic E-state index is 0.0320. The Labute approximate surface area is 146 Å². The SMILES string of the molecule is Cc1cccc(C#C[C@@]2(O)CCC[C@@H](Nc3ccc(F)c(F)c3)C2)c1. The van der Waals surface area contributed by atoms with Gasteiger partial charge in [0.05, 0.1) is 0 Å². The summed E-state index contributed by atoms with van der Waals surface area (Å²) in [5.74, 6) is 4.32. The van der Waals surface area contributed by atoms with E-state index >= 15 is 0 Å². The second-order valence-electron chi connectivity index (χ2n) is 6.72. The Morgan fingerprint density at radius 2 is 2.00 bits per heavy atom. The van der Waals surface area contributed by atoms with Crippen LogP contribution in [0.25, 0.3) is 0 Å².